The molecule has 4 heteroatoms. The Hall–Kier alpha value is -1.58. The predicted octanol–water partition coefficient (Wildman–Crippen LogP) is 1.54. The van der Waals surface area contributed by atoms with E-state index in [2.05, 4.69) is 31.1 Å². The number of rotatable bonds is 3. The molecule has 0 spiro atoms. The monoisotopic (exact) mass is 222 g/mol. The number of hydrogen-bond acceptors (Lipinski definition) is 2. The highest BCUT2D eigenvalue weighted by molar-refractivity contribution is 5.92. The van der Waals surface area contributed by atoms with Crippen molar-refractivity contribution in [2.45, 2.75) is 27.2 Å². The number of hydrogen-bond donors (Lipinski definition) is 2. The van der Waals surface area contributed by atoms with Crippen molar-refractivity contribution in [3.05, 3.63) is 34.2 Å². The third-order valence-electron chi connectivity index (χ3n) is 2.17. The zero-order valence-corrected chi connectivity index (χ0v) is 9.96. The molecule has 0 radical (unpaired) electrons. The van der Waals surface area contributed by atoms with E-state index in [1.165, 1.54) is 6.07 Å². The van der Waals surface area contributed by atoms with Crippen LogP contribution in [0.2, 0.25) is 0 Å². The predicted molar refractivity (Wildman–Crippen MR) is 63.5 cm³/mol. The second kappa shape index (κ2) is 4.96. The first kappa shape index (κ1) is 12.5. The molecule has 88 valence electrons. The molecule has 0 aliphatic heterocycles. The molecule has 1 rings (SSSR count). The second-order valence-corrected chi connectivity index (χ2v) is 5.00. The number of pyridine rings is 1. The molecular weight excluding hydrogens is 204 g/mol. The fraction of sp³-hybridized carbons (Fsp3) is 0.500. The highest BCUT2D eigenvalue weighted by atomic mass is 16.2. The maximum atomic E-state index is 11.6. The van der Waals surface area contributed by atoms with E-state index in [4.69, 9.17) is 0 Å². The summed E-state index contributed by atoms with van der Waals surface area (Å²) in [5.74, 6) is -0.234. The maximum Gasteiger partial charge on any atom is 0.267 e. The average Bonchev–Trinajstić information content (AvgIpc) is 2.15. The first-order valence-corrected chi connectivity index (χ1v) is 5.36. The van der Waals surface area contributed by atoms with E-state index < -0.39 is 0 Å². The van der Waals surface area contributed by atoms with Crippen molar-refractivity contribution in [3.8, 4) is 0 Å². The van der Waals surface area contributed by atoms with Crippen LogP contribution in [0.5, 0.6) is 0 Å². The maximum absolute atomic E-state index is 11.6. The van der Waals surface area contributed by atoms with Crippen molar-refractivity contribution >= 4 is 5.91 Å². The largest absolute Gasteiger partial charge is 0.351 e. The van der Waals surface area contributed by atoms with E-state index >= 15 is 0 Å². The molecule has 0 saturated carbocycles. The summed E-state index contributed by atoms with van der Waals surface area (Å²) >= 11 is 0. The molecule has 0 bridgehead atoms. The zero-order valence-electron chi connectivity index (χ0n) is 9.96. The number of aromatic nitrogens is 1. The van der Waals surface area contributed by atoms with Crippen LogP contribution in [-0.4, -0.2) is 17.4 Å². The van der Waals surface area contributed by atoms with E-state index in [0.717, 1.165) is 6.42 Å². The lowest BCUT2D eigenvalue weighted by molar-refractivity contribution is 0.0944. The Morgan fingerprint density at radius 1 is 1.38 bits per heavy atom. The Kier molecular flexibility index (Phi) is 3.88. The van der Waals surface area contributed by atoms with Crippen LogP contribution in [0.4, 0.5) is 0 Å². The first-order valence-electron chi connectivity index (χ1n) is 5.36. The van der Waals surface area contributed by atoms with Gasteiger partial charge in [-0.25, -0.2) is 0 Å². The van der Waals surface area contributed by atoms with Crippen LogP contribution in [0.15, 0.2) is 23.0 Å². The molecule has 1 aromatic heterocycles. The highest BCUT2D eigenvalue weighted by Gasteiger charge is 2.11. The minimum atomic E-state index is -0.261. The summed E-state index contributed by atoms with van der Waals surface area (Å²) in [6.45, 7) is 6.95. The van der Waals surface area contributed by atoms with Gasteiger partial charge in [0.25, 0.3) is 5.91 Å². The van der Waals surface area contributed by atoms with Crippen LogP contribution in [0.25, 0.3) is 0 Å². The summed E-state index contributed by atoms with van der Waals surface area (Å²) in [4.78, 5) is 25.1. The second-order valence-electron chi connectivity index (χ2n) is 5.00. The first-order chi connectivity index (χ1) is 7.38. The summed E-state index contributed by atoms with van der Waals surface area (Å²) < 4.78 is 0. The van der Waals surface area contributed by atoms with Crippen molar-refractivity contribution < 1.29 is 4.79 Å². The van der Waals surface area contributed by atoms with Gasteiger partial charge in [-0.2, -0.15) is 0 Å². The molecule has 1 heterocycles. The lowest BCUT2D eigenvalue weighted by atomic mass is 9.92. The topological polar surface area (TPSA) is 62.0 Å². The fourth-order valence-electron chi connectivity index (χ4n) is 1.23. The van der Waals surface area contributed by atoms with Crippen LogP contribution in [-0.2, 0) is 0 Å². The van der Waals surface area contributed by atoms with Crippen LogP contribution >= 0.6 is 0 Å². The quantitative estimate of drug-likeness (QED) is 0.815. The Bertz CT molecular complexity index is 416. The summed E-state index contributed by atoms with van der Waals surface area (Å²) in [5, 5.41) is 2.77. The Morgan fingerprint density at radius 2 is 2.06 bits per heavy atom. The molecule has 0 atom stereocenters. The van der Waals surface area contributed by atoms with Crippen molar-refractivity contribution in [1.82, 2.24) is 10.3 Å². The molecule has 4 nitrogen and oxygen atoms in total. The smallest absolute Gasteiger partial charge is 0.267 e. The number of carbonyl (C=O) groups excluding carboxylic acids is 1. The molecule has 0 saturated heterocycles. The van der Waals surface area contributed by atoms with E-state index in [1.807, 2.05) is 0 Å². The Morgan fingerprint density at radius 3 is 2.62 bits per heavy atom. The molecule has 0 unspecified atom stereocenters. The zero-order chi connectivity index (χ0) is 12.2. The number of amides is 1. The van der Waals surface area contributed by atoms with E-state index in [1.54, 1.807) is 12.1 Å². The molecule has 2 N–H and O–H groups in total. The molecule has 0 aliphatic carbocycles. The van der Waals surface area contributed by atoms with Gasteiger partial charge in [0.2, 0.25) is 5.56 Å². The van der Waals surface area contributed by atoms with Crippen molar-refractivity contribution in [2.24, 2.45) is 5.41 Å². The number of nitrogens with one attached hydrogen (secondary N) is 2. The van der Waals surface area contributed by atoms with Gasteiger partial charge >= 0.3 is 0 Å². The van der Waals surface area contributed by atoms with Gasteiger partial charge in [-0.3, -0.25) is 9.59 Å². The van der Waals surface area contributed by atoms with Gasteiger partial charge in [-0.1, -0.05) is 26.8 Å². The molecule has 0 aromatic carbocycles. The fourth-order valence-corrected chi connectivity index (χ4v) is 1.23. The number of aromatic amines is 1. The summed E-state index contributed by atoms with van der Waals surface area (Å²) in [6.07, 6.45) is 0.899. The lowest BCUT2D eigenvalue weighted by Crippen LogP contribution is -2.29. The molecule has 0 aliphatic rings. The van der Waals surface area contributed by atoms with Gasteiger partial charge in [-0.15, -0.1) is 0 Å². The van der Waals surface area contributed by atoms with Crippen LogP contribution < -0.4 is 10.9 Å². The Balaban J connectivity index is 2.51. The van der Waals surface area contributed by atoms with E-state index in [9.17, 15) is 9.59 Å². The van der Waals surface area contributed by atoms with Crippen LogP contribution in [0.3, 0.4) is 0 Å². The average molecular weight is 222 g/mol. The molecule has 16 heavy (non-hydrogen) atoms. The van der Waals surface area contributed by atoms with Gasteiger partial charge in [0, 0.05) is 12.6 Å². The lowest BCUT2D eigenvalue weighted by Gasteiger charge is -2.17. The highest BCUT2D eigenvalue weighted by Crippen LogP contribution is 2.16. The summed E-state index contributed by atoms with van der Waals surface area (Å²) in [5.41, 5.74) is 0.238. The van der Waals surface area contributed by atoms with Crippen LogP contribution in [0.1, 0.15) is 37.7 Å². The molecular formula is C12H18N2O2. The van der Waals surface area contributed by atoms with Crippen molar-refractivity contribution in [2.75, 3.05) is 6.54 Å². The molecule has 1 aromatic rings. The van der Waals surface area contributed by atoms with Crippen molar-refractivity contribution in [1.29, 1.82) is 0 Å². The van der Waals surface area contributed by atoms with Crippen LogP contribution in [0, 0.1) is 5.41 Å². The van der Waals surface area contributed by atoms with Gasteiger partial charge in [0.1, 0.15) is 5.69 Å². The minimum Gasteiger partial charge on any atom is -0.351 e. The van der Waals surface area contributed by atoms with Gasteiger partial charge in [0.15, 0.2) is 0 Å². The number of H-pyrrole nitrogens is 1. The number of carbonyl (C=O) groups is 1. The molecule has 1 amide bonds. The SMILES string of the molecule is CC(C)(C)CCNC(=O)c1cccc(=O)[nH]1. The minimum absolute atomic E-state index is 0.192. The molecule has 0 fully saturated rings. The van der Waals surface area contributed by atoms with Crippen molar-refractivity contribution in [3.63, 3.8) is 0 Å². The third kappa shape index (κ3) is 4.29. The summed E-state index contributed by atoms with van der Waals surface area (Å²) in [6, 6.07) is 4.54. The van der Waals surface area contributed by atoms with Gasteiger partial charge < -0.3 is 10.3 Å². The Labute approximate surface area is 95.1 Å². The standard InChI is InChI=1S/C12H18N2O2/c1-12(2,3)7-8-13-11(16)9-5-4-6-10(15)14-9/h4-6H,7-8H2,1-3H3,(H,13,16)(H,14,15). The van der Waals surface area contributed by atoms with Gasteiger partial charge in [-0.05, 0) is 17.9 Å². The van der Waals surface area contributed by atoms with E-state index in [-0.39, 0.29) is 16.9 Å². The normalized spacial score (nSPS) is 11.2. The van der Waals surface area contributed by atoms with E-state index in [0.29, 0.717) is 12.2 Å². The summed E-state index contributed by atoms with van der Waals surface area (Å²) in [7, 11) is 0. The van der Waals surface area contributed by atoms with Gasteiger partial charge in [0.05, 0.1) is 0 Å². The third-order valence-corrected chi connectivity index (χ3v) is 2.17.